The summed E-state index contributed by atoms with van der Waals surface area (Å²) in [7, 11) is 0. The predicted molar refractivity (Wildman–Crippen MR) is 62.2 cm³/mol. The third-order valence-electron chi connectivity index (χ3n) is 2.64. The van der Waals surface area contributed by atoms with Crippen LogP contribution in [0.5, 0.6) is 0 Å². The fourth-order valence-electron chi connectivity index (χ4n) is 2.03. The smallest absolute Gasteiger partial charge is 0.226 e. The highest BCUT2D eigenvalue weighted by Gasteiger charge is 2.18. The number of aryl methyl sites for hydroxylation is 2. The van der Waals surface area contributed by atoms with Gasteiger partial charge in [0.15, 0.2) is 0 Å². The summed E-state index contributed by atoms with van der Waals surface area (Å²) in [6.45, 7) is 6.12. The Hall–Kier alpha value is -1.51. The molecular weight excluding hydrogens is 188 g/mol. The molecule has 2 N–H and O–H groups in total. The third kappa shape index (κ3) is 1.96. The van der Waals surface area contributed by atoms with Crippen molar-refractivity contribution in [2.24, 2.45) is 0 Å². The van der Waals surface area contributed by atoms with Gasteiger partial charge in [-0.05, 0) is 38.0 Å². The van der Waals surface area contributed by atoms with Gasteiger partial charge in [0.25, 0.3) is 0 Å². The average Bonchev–Trinajstić information content (AvgIpc) is 2.22. The number of amides is 1. The third-order valence-corrected chi connectivity index (χ3v) is 2.64. The zero-order chi connectivity index (χ0) is 11.0. The number of hydrogen-bond acceptors (Lipinski definition) is 2. The van der Waals surface area contributed by atoms with Crippen molar-refractivity contribution in [1.82, 2.24) is 0 Å². The summed E-state index contributed by atoms with van der Waals surface area (Å²) in [5, 5.41) is 6.30. The Morgan fingerprint density at radius 1 is 1.33 bits per heavy atom. The fourth-order valence-corrected chi connectivity index (χ4v) is 2.03. The van der Waals surface area contributed by atoms with E-state index in [0.29, 0.717) is 6.42 Å². The molecule has 0 saturated carbocycles. The van der Waals surface area contributed by atoms with Crippen LogP contribution in [0.1, 0.15) is 24.5 Å². The van der Waals surface area contributed by atoms with Crippen LogP contribution in [-0.2, 0) is 4.79 Å². The maximum atomic E-state index is 11.5. The molecule has 3 nitrogen and oxygen atoms in total. The van der Waals surface area contributed by atoms with Gasteiger partial charge in [0.1, 0.15) is 0 Å². The van der Waals surface area contributed by atoms with Crippen LogP contribution in [-0.4, -0.2) is 11.9 Å². The van der Waals surface area contributed by atoms with E-state index >= 15 is 0 Å². The second kappa shape index (κ2) is 3.57. The summed E-state index contributed by atoms with van der Waals surface area (Å²) in [5.41, 5.74) is 4.31. The second-order valence-electron chi connectivity index (χ2n) is 4.30. The summed E-state index contributed by atoms with van der Waals surface area (Å²) in [6, 6.07) is 4.31. The highest BCUT2D eigenvalue weighted by atomic mass is 16.1. The van der Waals surface area contributed by atoms with Crippen LogP contribution >= 0.6 is 0 Å². The molecule has 0 saturated heterocycles. The number of nitrogens with one attached hydrogen (secondary N) is 2. The molecule has 1 amide bonds. The molecule has 15 heavy (non-hydrogen) atoms. The van der Waals surface area contributed by atoms with Crippen molar-refractivity contribution in [1.29, 1.82) is 0 Å². The Kier molecular flexibility index (Phi) is 2.39. The molecule has 2 rings (SSSR count). The highest BCUT2D eigenvalue weighted by Crippen LogP contribution is 2.30. The van der Waals surface area contributed by atoms with Crippen molar-refractivity contribution >= 4 is 17.3 Å². The summed E-state index contributed by atoms with van der Waals surface area (Å²) >= 11 is 0. The van der Waals surface area contributed by atoms with Gasteiger partial charge in [0.05, 0.1) is 11.4 Å². The van der Waals surface area contributed by atoms with Crippen LogP contribution in [0.4, 0.5) is 11.4 Å². The Balaban J connectivity index is 2.50. The molecule has 0 radical (unpaired) electrons. The number of benzene rings is 1. The lowest BCUT2D eigenvalue weighted by atomic mass is 10.1. The van der Waals surface area contributed by atoms with Crippen molar-refractivity contribution in [3.05, 3.63) is 23.3 Å². The highest BCUT2D eigenvalue weighted by molar-refractivity contribution is 5.97. The van der Waals surface area contributed by atoms with Gasteiger partial charge in [-0.15, -0.1) is 0 Å². The van der Waals surface area contributed by atoms with Crippen molar-refractivity contribution in [2.45, 2.75) is 33.2 Å². The zero-order valence-electron chi connectivity index (χ0n) is 9.35. The van der Waals surface area contributed by atoms with Gasteiger partial charge in [-0.1, -0.05) is 6.07 Å². The van der Waals surface area contributed by atoms with Gasteiger partial charge in [-0.2, -0.15) is 0 Å². The van der Waals surface area contributed by atoms with Crippen LogP contribution in [0.15, 0.2) is 12.1 Å². The van der Waals surface area contributed by atoms with E-state index in [9.17, 15) is 4.79 Å². The topological polar surface area (TPSA) is 41.1 Å². The van der Waals surface area contributed by atoms with Crippen LogP contribution in [0, 0.1) is 13.8 Å². The summed E-state index contributed by atoms with van der Waals surface area (Å²) in [6.07, 6.45) is 0.521. The number of carbonyl (C=O) groups excluding carboxylic acids is 1. The van der Waals surface area contributed by atoms with Crippen molar-refractivity contribution in [2.75, 3.05) is 10.6 Å². The van der Waals surface area contributed by atoms with Crippen LogP contribution in [0.3, 0.4) is 0 Å². The van der Waals surface area contributed by atoms with Gasteiger partial charge in [-0.3, -0.25) is 4.79 Å². The van der Waals surface area contributed by atoms with Gasteiger partial charge >= 0.3 is 0 Å². The van der Waals surface area contributed by atoms with E-state index in [2.05, 4.69) is 23.6 Å². The van der Waals surface area contributed by atoms with Crippen LogP contribution in [0.25, 0.3) is 0 Å². The minimum absolute atomic E-state index is 0.0822. The van der Waals surface area contributed by atoms with Crippen molar-refractivity contribution in [3.8, 4) is 0 Å². The standard InChI is InChI=1S/C12H16N2O/c1-7-4-8(2)12-10(5-7)14-11(15)6-9(3)13-12/h4-5,9,13H,6H2,1-3H3,(H,14,15). The maximum absolute atomic E-state index is 11.5. The summed E-state index contributed by atoms with van der Waals surface area (Å²) in [4.78, 5) is 11.5. The minimum Gasteiger partial charge on any atom is -0.380 e. The maximum Gasteiger partial charge on any atom is 0.226 e. The van der Waals surface area contributed by atoms with E-state index < -0.39 is 0 Å². The van der Waals surface area contributed by atoms with E-state index in [-0.39, 0.29) is 11.9 Å². The minimum atomic E-state index is 0.0822. The van der Waals surface area contributed by atoms with E-state index in [4.69, 9.17) is 0 Å². The van der Waals surface area contributed by atoms with E-state index in [1.807, 2.05) is 19.9 Å². The monoisotopic (exact) mass is 204 g/mol. The Morgan fingerprint density at radius 2 is 2.07 bits per heavy atom. The zero-order valence-corrected chi connectivity index (χ0v) is 9.35. The lowest BCUT2D eigenvalue weighted by Gasteiger charge is -2.15. The first-order valence-electron chi connectivity index (χ1n) is 5.24. The van der Waals surface area contributed by atoms with E-state index in [1.54, 1.807) is 0 Å². The number of anilines is 2. The number of rotatable bonds is 0. The van der Waals surface area contributed by atoms with E-state index in [0.717, 1.165) is 11.4 Å². The molecule has 1 aliphatic rings. The van der Waals surface area contributed by atoms with Crippen molar-refractivity contribution in [3.63, 3.8) is 0 Å². The molecule has 1 unspecified atom stereocenters. The van der Waals surface area contributed by atoms with Crippen LogP contribution in [0.2, 0.25) is 0 Å². The van der Waals surface area contributed by atoms with Gasteiger partial charge in [0.2, 0.25) is 5.91 Å². The number of hydrogen-bond donors (Lipinski definition) is 2. The van der Waals surface area contributed by atoms with E-state index in [1.165, 1.54) is 11.1 Å². The molecule has 1 aromatic rings. The van der Waals surface area contributed by atoms with Gasteiger partial charge in [0, 0.05) is 12.5 Å². The molecule has 1 aliphatic heterocycles. The molecule has 0 fully saturated rings. The summed E-state index contributed by atoms with van der Waals surface area (Å²) in [5.74, 6) is 0.0822. The number of fused-ring (bicyclic) bond motifs is 1. The quantitative estimate of drug-likeness (QED) is 0.681. The lowest BCUT2D eigenvalue weighted by molar-refractivity contribution is -0.116. The van der Waals surface area contributed by atoms with Crippen LogP contribution < -0.4 is 10.6 Å². The first-order valence-corrected chi connectivity index (χ1v) is 5.24. The fraction of sp³-hybridized carbons (Fsp3) is 0.417. The molecule has 1 atom stereocenters. The molecule has 1 aromatic carbocycles. The van der Waals surface area contributed by atoms with Gasteiger partial charge in [-0.25, -0.2) is 0 Å². The Labute approximate surface area is 89.9 Å². The molecule has 0 aliphatic carbocycles. The molecule has 3 heteroatoms. The molecule has 0 aromatic heterocycles. The predicted octanol–water partition coefficient (Wildman–Crippen LogP) is 2.45. The molecule has 1 heterocycles. The molecule has 80 valence electrons. The molecule has 0 spiro atoms. The normalized spacial score (nSPS) is 19.9. The second-order valence-corrected chi connectivity index (χ2v) is 4.30. The van der Waals surface area contributed by atoms with Gasteiger partial charge < -0.3 is 10.6 Å². The lowest BCUT2D eigenvalue weighted by Crippen LogP contribution is -2.19. The number of carbonyl (C=O) groups is 1. The SMILES string of the molecule is Cc1cc(C)c2c(c1)NC(=O)CC(C)N2. The van der Waals surface area contributed by atoms with Crippen molar-refractivity contribution < 1.29 is 4.79 Å². The average molecular weight is 204 g/mol. The molecular formula is C12H16N2O. The summed E-state index contributed by atoms with van der Waals surface area (Å²) < 4.78 is 0. The Morgan fingerprint density at radius 3 is 2.80 bits per heavy atom. The first-order chi connectivity index (χ1) is 7.06. The first kappa shape index (κ1) is 10.0. The molecule has 0 bridgehead atoms. The Bertz CT molecular complexity index is 412. The largest absolute Gasteiger partial charge is 0.380 e.